The number of nitrogens with one attached hydrogen (secondary N) is 1. The van der Waals surface area contributed by atoms with Gasteiger partial charge in [-0.25, -0.2) is 0 Å². The maximum atomic E-state index is 12.8. The predicted octanol–water partition coefficient (Wildman–Crippen LogP) is 1.12. The first kappa shape index (κ1) is 17.9. The molecule has 0 radical (unpaired) electrons. The average molecular weight is 353 g/mol. The van der Waals surface area contributed by atoms with Gasteiger partial charge in [0.25, 0.3) is 5.56 Å². The molecule has 2 aromatic rings. The second-order valence-corrected chi connectivity index (χ2v) is 6.49. The summed E-state index contributed by atoms with van der Waals surface area (Å²) < 4.78 is 1.59. The Labute approximate surface area is 152 Å². The Morgan fingerprint density at radius 1 is 1.12 bits per heavy atom. The lowest BCUT2D eigenvalue weighted by molar-refractivity contribution is -0.143. The quantitative estimate of drug-likeness (QED) is 0.875. The largest absolute Gasteiger partial charge is 0.353 e. The van der Waals surface area contributed by atoms with Gasteiger partial charge in [-0.2, -0.15) is 0 Å². The van der Waals surface area contributed by atoms with Gasteiger partial charge < -0.3 is 14.8 Å². The zero-order chi connectivity index (χ0) is 18.5. The fourth-order valence-corrected chi connectivity index (χ4v) is 3.31. The molecule has 0 spiro atoms. The van der Waals surface area contributed by atoms with Crippen LogP contribution in [0.15, 0.2) is 53.3 Å². The van der Waals surface area contributed by atoms with E-state index in [-0.39, 0.29) is 23.8 Å². The highest BCUT2D eigenvalue weighted by atomic mass is 16.2. The SMILES string of the molecule is Cc1cccc(=O)n1CCC(=O)N1CCNC(=O)[C@H]1Cc1ccccc1. The average Bonchev–Trinajstić information content (AvgIpc) is 2.63. The number of hydrogen-bond acceptors (Lipinski definition) is 3. The van der Waals surface area contributed by atoms with E-state index in [1.165, 1.54) is 6.07 Å². The van der Waals surface area contributed by atoms with Crippen LogP contribution < -0.4 is 10.9 Å². The molecule has 0 saturated carbocycles. The Hall–Kier alpha value is -2.89. The molecule has 0 unspecified atom stereocenters. The number of carbonyl (C=O) groups excluding carboxylic acids is 2. The van der Waals surface area contributed by atoms with Crippen molar-refractivity contribution in [2.45, 2.75) is 32.4 Å². The lowest BCUT2D eigenvalue weighted by Gasteiger charge is -2.35. The van der Waals surface area contributed by atoms with Gasteiger partial charge in [0.05, 0.1) is 0 Å². The summed E-state index contributed by atoms with van der Waals surface area (Å²) in [6.45, 7) is 3.11. The molecule has 26 heavy (non-hydrogen) atoms. The number of nitrogens with zero attached hydrogens (tertiary/aromatic N) is 2. The van der Waals surface area contributed by atoms with Crippen molar-refractivity contribution in [3.8, 4) is 0 Å². The van der Waals surface area contributed by atoms with E-state index >= 15 is 0 Å². The summed E-state index contributed by atoms with van der Waals surface area (Å²) >= 11 is 0. The molecule has 2 heterocycles. The van der Waals surface area contributed by atoms with Crippen molar-refractivity contribution in [2.75, 3.05) is 13.1 Å². The molecule has 1 aliphatic rings. The zero-order valence-electron chi connectivity index (χ0n) is 14.9. The zero-order valence-corrected chi connectivity index (χ0v) is 14.9. The van der Waals surface area contributed by atoms with Gasteiger partial charge in [-0.15, -0.1) is 0 Å². The molecule has 1 aromatic carbocycles. The van der Waals surface area contributed by atoms with Crippen molar-refractivity contribution in [1.29, 1.82) is 0 Å². The Kier molecular flexibility index (Phi) is 5.51. The van der Waals surface area contributed by atoms with Gasteiger partial charge in [0.1, 0.15) is 6.04 Å². The van der Waals surface area contributed by atoms with E-state index in [0.29, 0.717) is 26.1 Å². The molecule has 6 heteroatoms. The minimum atomic E-state index is -0.507. The topological polar surface area (TPSA) is 71.4 Å². The molecule has 1 aliphatic heterocycles. The first-order valence-electron chi connectivity index (χ1n) is 8.84. The van der Waals surface area contributed by atoms with E-state index in [4.69, 9.17) is 0 Å². The van der Waals surface area contributed by atoms with Crippen LogP contribution in [0.3, 0.4) is 0 Å². The van der Waals surface area contributed by atoms with E-state index in [2.05, 4.69) is 5.32 Å². The van der Waals surface area contributed by atoms with Crippen LogP contribution >= 0.6 is 0 Å². The number of carbonyl (C=O) groups is 2. The summed E-state index contributed by atoms with van der Waals surface area (Å²) in [6, 6.07) is 14.2. The highest BCUT2D eigenvalue weighted by molar-refractivity contribution is 5.89. The van der Waals surface area contributed by atoms with Gasteiger partial charge in [-0.1, -0.05) is 36.4 Å². The first-order chi connectivity index (χ1) is 12.6. The number of rotatable bonds is 5. The van der Waals surface area contributed by atoms with Crippen molar-refractivity contribution >= 4 is 11.8 Å². The van der Waals surface area contributed by atoms with Crippen LogP contribution in [0.25, 0.3) is 0 Å². The van der Waals surface area contributed by atoms with Crippen molar-refractivity contribution in [3.63, 3.8) is 0 Å². The highest BCUT2D eigenvalue weighted by Crippen LogP contribution is 2.14. The molecule has 2 amide bonds. The standard InChI is InChI=1S/C20H23N3O3/c1-15-6-5-9-18(24)22(15)12-10-19(25)23-13-11-21-20(26)17(23)14-16-7-3-2-4-8-16/h2-9,17H,10-14H2,1H3,(H,21,26)/t17-/m1/s1. The summed E-state index contributed by atoms with van der Waals surface area (Å²) in [5.41, 5.74) is 1.72. The maximum absolute atomic E-state index is 12.8. The number of aryl methyl sites for hydroxylation is 1. The minimum Gasteiger partial charge on any atom is -0.353 e. The number of benzene rings is 1. The number of amides is 2. The summed E-state index contributed by atoms with van der Waals surface area (Å²) in [5, 5.41) is 2.84. The van der Waals surface area contributed by atoms with Crippen LogP contribution in [-0.4, -0.2) is 40.4 Å². The molecule has 136 valence electrons. The molecule has 3 rings (SSSR count). The van der Waals surface area contributed by atoms with Crippen molar-refractivity contribution < 1.29 is 9.59 Å². The van der Waals surface area contributed by atoms with Crippen LogP contribution in [-0.2, 0) is 22.6 Å². The molecular formula is C20H23N3O3. The Morgan fingerprint density at radius 3 is 2.62 bits per heavy atom. The number of hydrogen-bond donors (Lipinski definition) is 1. The second kappa shape index (κ2) is 7.99. The van der Waals surface area contributed by atoms with Crippen molar-refractivity contribution in [1.82, 2.24) is 14.8 Å². The van der Waals surface area contributed by atoms with Gasteiger partial charge in [0, 0.05) is 44.2 Å². The van der Waals surface area contributed by atoms with Gasteiger partial charge >= 0.3 is 0 Å². The Bertz CT molecular complexity index is 845. The van der Waals surface area contributed by atoms with E-state index in [0.717, 1.165) is 11.3 Å². The molecule has 1 atom stereocenters. The maximum Gasteiger partial charge on any atom is 0.250 e. The van der Waals surface area contributed by atoms with Crippen molar-refractivity contribution in [2.24, 2.45) is 0 Å². The Morgan fingerprint density at radius 2 is 1.88 bits per heavy atom. The number of piperazine rings is 1. The summed E-state index contributed by atoms with van der Waals surface area (Å²) in [5.74, 6) is -0.225. The molecule has 0 aliphatic carbocycles. The molecule has 0 bridgehead atoms. The van der Waals surface area contributed by atoms with Crippen LogP contribution in [0.1, 0.15) is 17.7 Å². The van der Waals surface area contributed by atoms with Crippen LogP contribution in [0.4, 0.5) is 0 Å². The molecular weight excluding hydrogens is 330 g/mol. The number of aromatic nitrogens is 1. The van der Waals surface area contributed by atoms with Gasteiger partial charge in [-0.05, 0) is 18.6 Å². The summed E-state index contributed by atoms with van der Waals surface area (Å²) in [4.78, 5) is 38.7. The third-order valence-corrected chi connectivity index (χ3v) is 4.74. The fourth-order valence-electron chi connectivity index (χ4n) is 3.31. The smallest absolute Gasteiger partial charge is 0.250 e. The van der Waals surface area contributed by atoms with Crippen LogP contribution in [0.5, 0.6) is 0 Å². The summed E-state index contributed by atoms with van der Waals surface area (Å²) in [7, 11) is 0. The molecule has 1 fully saturated rings. The van der Waals surface area contributed by atoms with Gasteiger partial charge in [-0.3, -0.25) is 14.4 Å². The van der Waals surface area contributed by atoms with E-state index in [1.54, 1.807) is 15.5 Å². The van der Waals surface area contributed by atoms with Crippen LogP contribution in [0, 0.1) is 6.92 Å². The lowest BCUT2D eigenvalue weighted by atomic mass is 10.0. The fraction of sp³-hybridized carbons (Fsp3) is 0.350. The monoisotopic (exact) mass is 353 g/mol. The minimum absolute atomic E-state index is 0.101. The van der Waals surface area contributed by atoms with Gasteiger partial charge in [0.2, 0.25) is 11.8 Å². The third-order valence-electron chi connectivity index (χ3n) is 4.74. The van der Waals surface area contributed by atoms with Gasteiger partial charge in [0.15, 0.2) is 0 Å². The molecule has 1 aromatic heterocycles. The summed E-state index contributed by atoms with van der Waals surface area (Å²) in [6.07, 6.45) is 0.687. The highest BCUT2D eigenvalue weighted by Gasteiger charge is 2.32. The second-order valence-electron chi connectivity index (χ2n) is 6.49. The predicted molar refractivity (Wildman–Crippen MR) is 98.7 cm³/mol. The molecule has 6 nitrogen and oxygen atoms in total. The van der Waals surface area contributed by atoms with E-state index < -0.39 is 6.04 Å². The third kappa shape index (κ3) is 4.02. The first-order valence-corrected chi connectivity index (χ1v) is 8.84. The molecule has 1 N–H and O–H groups in total. The normalized spacial score (nSPS) is 17.0. The Balaban J connectivity index is 1.71. The van der Waals surface area contributed by atoms with E-state index in [9.17, 15) is 14.4 Å². The van der Waals surface area contributed by atoms with Crippen molar-refractivity contribution in [3.05, 3.63) is 70.1 Å². The number of pyridine rings is 1. The molecule has 1 saturated heterocycles. The van der Waals surface area contributed by atoms with Crippen LogP contribution in [0.2, 0.25) is 0 Å². The van der Waals surface area contributed by atoms with E-state index in [1.807, 2.05) is 43.3 Å². The lowest BCUT2D eigenvalue weighted by Crippen LogP contribution is -2.58.